The maximum atomic E-state index is 11.6. The van der Waals surface area contributed by atoms with Crippen LogP contribution in [0.25, 0.3) is 0 Å². The molecule has 2 N–H and O–H groups in total. The second-order valence-corrected chi connectivity index (χ2v) is 8.91. The number of hydrogen-bond donors (Lipinski definition) is 2. The summed E-state index contributed by atoms with van der Waals surface area (Å²) in [6, 6.07) is 14.9. The highest BCUT2D eigenvalue weighted by molar-refractivity contribution is 7.85. The summed E-state index contributed by atoms with van der Waals surface area (Å²) in [6.07, 6.45) is 8.56. The molecule has 2 aromatic carbocycles. The monoisotopic (exact) mass is 402 g/mol. The lowest BCUT2D eigenvalue weighted by Gasteiger charge is -2.27. The molecule has 2 aromatic rings. The maximum absolute atomic E-state index is 11.6. The summed E-state index contributed by atoms with van der Waals surface area (Å²) in [7, 11) is -4.22. The third-order valence-corrected chi connectivity index (χ3v) is 6.15. The van der Waals surface area contributed by atoms with Gasteiger partial charge >= 0.3 is 0 Å². The van der Waals surface area contributed by atoms with E-state index in [2.05, 4.69) is 29.3 Å². The predicted molar refractivity (Wildman–Crippen MR) is 114 cm³/mol. The standard InChI is InChI=1S/C22H30N2O3S/c1-2-3-4-5-6-10-13-22-23-20-15-14-19(28(25,26)27)16-21(20)24(22)17-18-11-8-7-9-12-18/h7-9,11-12,14-16,22-23H,2-6,10,13,17H2,1H3,(H,25,26,27). The Morgan fingerprint density at radius 1 is 1.00 bits per heavy atom. The molecule has 0 aromatic heterocycles. The molecule has 0 saturated heterocycles. The minimum atomic E-state index is -4.22. The topological polar surface area (TPSA) is 69.6 Å². The normalized spacial score (nSPS) is 16.1. The van der Waals surface area contributed by atoms with Gasteiger partial charge in [0.05, 0.1) is 22.4 Å². The highest BCUT2D eigenvalue weighted by Gasteiger charge is 2.29. The zero-order valence-electron chi connectivity index (χ0n) is 16.5. The number of nitrogens with zero attached hydrogens (tertiary/aromatic N) is 1. The molecule has 0 radical (unpaired) electrons. The fourth-order valence-electron chi connectivity index (χ4n) is 3.78. The summed E-state index contributed by atoms with van der Waals surface area (Å²) >= 11 is 0. The molecule has 28 heavy (non-hydrogen) atoms. The van der Waals surface area contributed by atoms with Crippen LogP contribution in [-0.2, 0) is 16.7 Å². The quantitative estimate of drug-likeness (QED) is 0.409. The Balaban J connectivity index is 1.75. The molecule has 0 saturated carbocycles. The number of fused-ring (bicyclic) bond motifs is 1. The molecule has 0 amide bonds. The Labute approximate surface area is 168 Å². The van der Waals surface area contributed by atoms with Crippen LogP contribution >= 0.6 is 0 Å². The Morgan fingerprint density at radius 3 is 2.43 bits per heavy atom. The zero-order chi connectivity index (χ0) is 20.0. The predicted octanol–water partition coefficient (Wildman–Crippen LogP) is 5.44. The van der Waals surface area contributed by atoms with E-state index in [9.17, 15) is 13.0 Å². The van der Waals surface area contributed by atoms with Crippen molar-refractivity contribution in [2.24, 2.45) is 0 Å². The van der Waals surface area contributed by atoms with Gasteiger partial charge in [-0.05, 0) is 36.6 Å². The van der Waals surface area contributed by atoms with Crippen molar-refractivity contribution in [2.45, 2.75) is 69.5 Å². The van der Waals surface area contributed by atoms with Gasteiger partial charge in [-0.3, -0.25) is 4.55 Å². The molecule has 0 spiro atoms. The van der Waals surface area contributed by atoms with Crippen LogP contribution in [0, 0.1) is 0 Å². The molecular weight excluding hydrogens is 372 g/mol. The van der Waals surface area contributed by atoms with E-state index >= 15 is 0 Å². The molecule has 1 atom stereocenters. The molecule has 3 rings (SSSR count). The molecule has 6 heteroatoms. The zero-order valence-corrected chi connectivity index (χ0v) is 17.3. The molecule has 0 bridgehead atoms. The molecule has 1 aliphatic heterocycles. The van der Waals surface area contributed by atoms with Crippen LogP contribution in [0.3, 0.4) is 0 Å². The van der Waals surface area contributed by atoms with Gasteiger partial charge in [0, 0.05) is 6.54 Å². The average Bonchev–Trinajstić information content (AvgIpc) is 3.01. The Bertz CT molecular complexity index is 869. The van der Waals surface area contributed by atoms with E-state index in [1.54, 1.807) is 12.1 Å². The van der Waals surface area contributed by atoms with Crippen LogP contribution in [-0.4, -0.2) is 19.1 Å². The van der Waals surface area contributed by atoms with E-state index in [1.165, 1.54) is 43.7 Å². The first kappa shape index (κ1) is 20.7. The first-order valence-corrected chi connectivity index (χ1v) is 11.6. The van der Waals surface area contributed by atoms with Crippen LogP contribution in [0.2, 0.25) is 0 Å². The minimum Gasteiger partial charge on any atom is -0.363 e. The first-order chi connectivity index (χ1) is 13.5. The lowest BCUT2D eigenvalue weighted by Crippen LogP contribution is -2.35. The van der Waals surface area contributed by atoms with Crippen molar-refractivity contribution >= 4 is 21.5 Å². The lowest BCUT2D eigenvalue weighted by atomic mass is 10.1. The first-order valence-electron chi connectivity index (χ1n) is 10.2. The summed E-state index contributed by atoms with van der Waals surface area (Å²) < 4.78 is 32.6. The van der Waals surface area contributed by atoms with Crippen LogP contribution in [0.5, 0.6) is 0 Å². The summed E-state index contributed by atoms with van der Waals surface area (Å²) in [6.45, 7) is 2.91. The van der Waals surface area contributed by atoms with Gasteiger partial charge in [-0.15, -0.1) is 0 Å². The van der Waals surface area contributed by atoms with Crippen molar-refractivity contribution in [3.63, 3.8) is 0 Å². The summed E-state index contributed by atoms with van der Waals surface area (Å²) in [5, 5.41) is 3.54. The van der Waals surface area contributed by atoms with Crippen molar-refractivity contribution in [3.8, 4) is 0 Å². The third-order valence-electron chi connectivity index (χ3n) is 5.30. The largest absolute Gasteiger partial charge is 0.363 e. The minimum absolute atomic E-state index is 0.0636. The van der Waals surface area contributed by atoms with Gasteiger partial charge in [-0.2, -0.15) is 8.42 Å². The molecule has 152 valence electrons. The fraction of sp³-hybridized carbons (Fsp3) is 0.455. The molecular formula is C22H30N2O3S. The van der Waals surface area contributed by atoms with E-state index in [4.69, 9.17) is 0 Å². The van der Waals surface area contributed by atoms with Gasteiger partial charge in [0.1, 0.15) is 0 Å². The maximum Gasteiger partial charge on any atom is 0.294 e. The van der Waals surface area contributed by atoms with Crippen molar-refractivity contribution in [2.75, 3.05) is 10.2 Å². The van der Waals surface area contributed by atoms with Crippen molar-refractivity contribution in [1.82, 2.24) is 0 Å². The van der Waals surface area contributed by atoms with Gasteiger partial charge in [0.25, 0.3) is 10.1 Å². The second-order valence-electron chi connectivity index (χ2n) is 7.48. The number of benzene rings is 2. The van der Waals surface area contributed by atoms with Crippen molar-refractivity contribution in [3.05, 3.63) is 54.1 Å². The van der Waals surface area contributed by atoms with Crippen molar-refractivity contribution in [1.29, 1.82) is 0 Å². The highest BCUT2D eigenvalue weighted by atomic mass is 32.2. The highest BCUT2D eigenvalue weighted by Crippen LogP contribution is 2.38. The Morgan fingerprint density at radius 2 is 1.71 bits per heavy atom. The SMILES string of the molecule is CCCCCCCCC1Nc2ccc(S(=O)(=O)O)cc2N1Cc1ccccc1. The third kappa shape index (κ3) is 5.26. The van der Waals surface area contributed by atoms with E-state index in [0.29, 0.717) is 6.54 Å². The van der Waals surface area contributed by atoms with Crippen LogP contribution in [0.4, 0.5) is 11.4 Å². The van der Waals surface area contributed by atoms with E-state index < -0.39 is 10.1 Å². The second kappa shape index (κ2) is 9.43. The van der Waals surface area contributed by atoms with E-state index in [1.807, 2.05) is 18.2 Å². The Hall–Kier alpha value is -2.05. The summed E-state index contributed by atoms with van der Waals surface area (Å²) in [5.74, 6) is 0. The summed E-state index contributed by atoms with van der Waals surface area (Å²) in [5.41, 5.74) is 2.91. The number of nitrogens with one attached hydrogen (secondary N) is 1. The van der Waals surface area contributed by atoms with Gasteiger partial charge in [0.15, 0.2) is 0 Å². The Kier molecular flexibility index (Phi) is 6.97. The molecule has 0 aliphatic carbocycles. The number of hydrogen-bond acceptors (Lipinski definition) is 4. The molecule has 0 fully saturated rings. The van der Waals surface area contributed by atoms with Crippen LogP contribution < -0.4 is 10.2 Å². The lowest BCUT2D eigenvalue weighted by molar-refractivity contribution is 0.483. The number of unbranched alkanes of at least 4 members (excludes halogenated alkanes) is 5. The van der Waals surface area contributed by atoms with Crippen LogP contribution in [0.1, 0.15) is 57.4 Å². The smallest absolute Gasteiger partial charge is 0.294 e. The van der Waals surface area contributed by atoms with E-state index in [-0.39, 0.29) is 11.1 Å². The number of anilines is 2. The molecule has 1 unspecified atom stereocenters. The molecule has 5 nitrogen and oxygen atoms in total. The number of rotatable bonds is 10. The van der Waals surface area contributed by atoms with Gasteiger partial charge < -0.3 is 10.2 Å². The van der Waals surface area contributed by atoms with E-state index in [0.717, 1.165) is 24.2 Å². The molecule has 1 heterocycles. The molecule has 1 aliphatic rings. The van der Waals surface area contributed by atoms with Gasteiger partial charge in [0.2, 0.25) is 0 Å². The fourth-order valence-corrected chi connectivity index (χ4v) is 4.28. The van der Waals surface area contributed by atoms with Gasteiger partial charge in [-0.1, -0.05) is 69.4 Å². The van der Waals surface area contributed by atoms with Gasteiger partial charge in [-0.25, -0.2) is 0 Å². The van der Waals surface area contributed by atoms with Crippen molar-refractivity contribution < 1.29 is 13.0 Å². The summed E-state index contributed by atoms with van der Waals surface area (Å²) in [4.78, 5) is 2.15. The average molecular weight is 403 g/mol. The van der Waals surface area contributed by atoms with Crippen LogP contribution in [0.15, 0.2) is 53.4 Å².